The Balaban J connectivity index is 1.63. The van der Waals surface area contributed by atoms with Crippen LogP contribution < -0.4 is 4.74 Å². The van der Waals surface area contributed by atoms with Crippen LogP contribution in [0, 0.1) is 10.1 Å². The van der Waals surface area contributed by atoms with Gasteiger partial charge in [0.15, 0.2) is 5.78 Å². The lowest BCUT2D eigenvalue weighted by Crippen LogP contribution is -2.13. The quantitative estimate of drug-likeness (QED) is 0.373. The SMILES string of the molecule is COc1ccc(/C=C2\CCc3ccccc3C2=O)cc1Cn1cc([N+](=O)[O-])cn1. The molecule has 2 aromatic carbocycles. The van der Waals surface area contributed by atoms with E-state index in [1.165, 1.54) is 17.1 Å². The van der Waals surface area contributed by atoms with Crippen LogP contribution in [0.25, 0.3) is 6.08 Å². The highest BCUT2D eigenvalue weighted by atomic mass is 16.6. The number of carbonyl (C=O) groups is 1. The summed E-state index contributed by atoms with van der Waals surface area (Å²) in [5.74, 6) is 0.720. The van der Waals surface area contributed by atoms with Crippen LogP contribution in [0.3, 0.4) is 0 Å². The number of ketones is 1. The number of methoxy groups -OCH3 is 1. The molecule has 4 rings (SSSR count). The molecule has 1 aliphatic carbocycles. The number of Topliss-reactive ketones (excluding diaryl/α,β-unsaturated/α-hetero) is 1. The van der Waals surface area contributed by atoms with E-state index in [9.17, 15) is 14.9 Å². The molecule has 0 saturated carbocycles. The normalized spacial score (nSPS) is 14.7. The highest BCUT2D eigenvalue weighted by Crippen LogP contribution is 2.28. The first kappa shape index (κ1) is 18.6. The molecule has 1 aromatic heterocycles. The molecular formula is C22H19N3O4. The first-order chi connectivity index (χ1) is 14.0. The third-order valence-corrected chi connectivity index (χ3v) is 5.03. The van der Waals surface area contributed by atoms with Gasteiger partial charge >= 0.3 is 5.69 Å². The zero-order chi connectivity index (χ0) is 20.4. The maximum absolute atomic E-state index is 12.8. The maximum Gasteiger partial charge on any atom is 0.307 e. The van der Waals surface area contributed by atoms with Crippen molar-refractivity contribution in [3.05, 3.63) is 92.8 Å². The molecule has 0 saturated heterocycles. The minimum Gasteiger partial charge on any atom is -0.496 e. The van der Waals surface area contributed by atoms with E-state index in [2.05, 4.69) is 5.10 Å². The lowest BCUT2D eigenvalue weighted by atomic mass is 9.86. The van der Waals surface area contributed by atoms with Gasteiger partial charge in [-0.15, -0.1) is 0 Å². The Hall–Kier alpha value is -3.74. The van der Waals surface area contributed by atoms with Gasteiger partial charge in [0.2, 0.25) is 0 Å². The number of hydrogen-bond donors (Lipinski definition) is 0. The monoisotopic (exact) mass is 389 g/mol. The zero-order valence-corrected chi connectivity index (χ0v) is 15.9. The van der Waals surface area contributed by atoms with E-state index in [-0.39, 0.29) is 11.5 Å². The lowest BCUT2D eigenvalue weighted by molar-refractivity contribution is -0.385. The van der Waals surface area contributed by atoms with Gasteiger partial charge in [0.1, 0.15) is 18.1 Å². The summed E-state index contributed by atoms with van der Waals surface area (Å²) in [6, 6.07) is 13.4. The Morgan fingerprint density at radius 2 is 2.07 bits per heavy atom. The van der Waals surface area contributed by atoms with Crippen molar-refractivity contribution >= 4 is 17.5 Å². The smallest absolute Gasteiger partial charge is 0.307 e. The lowest BCUT2D eigenvalue weighted by Gasteiger charge is -2.17. The molecule has 1 aliphatic rings. The van der Waals surface area contributed by atoms with Crippen molar-refractivity contribution in [2.45, 2.75) is 19.4 Å². The number of hydrogen-bond acceptors (Lipinski definition) is 5. The van der Waals surface area contributed by atoms with Gasteiger partial charge in [-0.1, -0.05) is 30.3 Å². The van der Waals surface area contributed by atoms with Crippen molar-refractivity contribution in [3.8, 4) is 5.75 Å². The molecule has 0 amide bonds. The van der Waals surface area contributed by atoms with Gasteiger partial charge in [-0.2, -0.15) is 5.10 Å². The topological polar surface area (TPSA) is 87.3 Å². The summed E-state index contributed by atoms with van der Waals surface area (Å²) < 4.78 is 6.92. The van der Waals surface area contributed by atoms with Gasteiger partial charge in [-0.3, -0.25) is 19.6 Å². The van der Waals surface area contributed by atoms with Crippen LogP contribution in [0.15, 0.2) is 60.4 Å². The van der Waals surface area contributed by atoms with E-state index in [0.29, 0.717) is 18.7 Å². The number of allylic oxidation sites excluding steroid dienone is 1. The molecule has 0 atom stereocenters. The Kier molecular flexibility index (Phi) is 4.95. The van der Waals surface area contributed by atoms with E-state index in [1.807, 2.05) is 48.5 Å². The molecule has 0 bridgehead atoms. The highest BCUT2D eigenvalue weighted by molar-refractivity contribution is 6.13. The fourth-order valence-corrected chi connectivity index (χ4v) is 3.57. The minimum atomic E-state index is -0.478. The molecule has 1 heterocycles. The Labute approximate surface area is 167 Å². The second-order valence-corrected chi connectivity index (χ2v) is 6.88. The number of fused-ring (bicyclic) bond motifs is 1. The number of carbonyl (C=O) groups excluding carboxylic acids is 1. The fourth-order valence-electron chi connectivity index (χ4n) is 3.57. The number of rotatable bonds is 5. The van der Waals surface area contributed by atoms with Crippen LogP contribution in [-0.4, -0.2) is 27.6 Å². The molecule has 3 aromatic rings. The molecular weight excluding hydrogens is 370 g/mol. The maximum atomic E-state index is 12.8. The standard InChI is InChI=1S/C22H19N3O4/c1-29-21-9-6-15(11-18(21)13-24-14-19(12-23-24)25(27)28)10-17-8-7-16-4-2-3-5-20(16)22(17)26/h2-6,9-12,14H,7-8,13H2,1H3/b17-10+. The van der Waals surface area contributed by atoms with E-state index >= 15 is 0 Å². The van der Waals surface area contributed by atoms with Crippen molar-refractivity contribution in [1.29, 1.82) is 0 Å². The number of benzene rings is 2. The van der Waals surface area contributed by atoms with E-state index in [1.54, 1.807) is 7.11 Å². The Morgan fingerprint density at radius 1 is 1.24 bits per heavy atom. The highest BCUT2D eigenvalue weighted by Gasteiger charge is 2.21. The predicted octanol–water partition coefficient (Wildman–Crippen LogP) is 4.06. The molecule has 0 unspecified atom stereocenters. The number of aromatic nitrogens is 2. The van der Waals surface area contributed by atoms with E-state index in [4.69, 9.17) is 4.74 Å². The van der Waals surface area contributed by atoms with Gasteiger partial charge in [0.25, 0.3) is 0 Å². The molecule has 0 N–H and O–H groups in total. The second-order valence-electron chi connectivity index (χ2n) is 6.88. The predicted molar refractivity (Wildman–Crippen MR) is 108 cm³/mol. The Bertz CT molecular complexity index is 1130. The van der Waals surface area contributed by atoms with Crippen LogP contribution in [-0.2, 0) is 13.0 Å². The summed E-state index contributed by atoms with van der Waals surface area (Å²) in [5, 5.41) is 14.9. The first-order valence-electron chi connectivity index (χ1n) is 9.22. The molecule has 146 valence electrons. The van der Waals surface area contributed by atoms with E-state index < -0.39 is 4.92 Å². The molecule has 7 nitrogen and oxygen atoms in total. The van der Waals surface area contributed by atoms with Crippen LogP contribution in [0.4, 0.5) is 5.69 Å². The van der Waals surface area contributed by atoms with Crippen LogP contribution in [0.1, 0.15) is 33.5 Å². The van der Waals surface area contributed by atoms with Gasteiger partial charge in [0, 0.05) is 16.7 Å². The largest absolute Gasteiger partial charge is 0.496 e. The molecule has 7 heteroatoms. The summed E-state index contributed by atoms with van der Waals surface area (Å²) in [6.45, 7) is 0.324. The van der Waals surface area contributed by atoms with Crippen molar-refractivity contribution in [2.24, 2.45) is 0 Å². The zero-order valence-electron chi connectivity index (χ0n) is 15.9. The van der Waals surface area contributed by atoms with Gasteiger partial charge in [0.05, 0.1) is 18.6 Å². The van der Waals surface area contributed by atoms with Crippen LogP contribution in [0.5, 0.6) is 5.75 Å². The number of aryl methyl sites for hydroxylation is 1. The van der Waals surface area contributed by atoms with Crippen LogP contribution in [0.2, 0.25) is 0 Å². The number of nitro groups is 1. The van der Waals surface area contributed by atoms with Gasteiger partial charge in [-0.05, 0) is 42.2 Å². The molecule has 0 aliphatic heterocycles. The molecule has 0 radical (unpaired) electrons. The van der Waals surface area contributed by atoms with Crippen LogP contribution >= 0.6 is 0 Å². The first-order valence-corrected chi connectivity index (χ1v) is 9.22. The Morgan fingerprint density at radius 3 is 2.83 bits per heavy atom. The average molecular weight is 389 g/mol. The summed E-state index contributed by atoms with van der Waals surface area (Å²) >= 11 is 0. The van der Waals surface area contributed by atoms with E-state index in [0.717, 1.165) is 34.2 Å². The van der Waals surface area contributed by atoms with Crippen molar-refractivity contribution in [2.75, 3.05) is 7.11 Å². The second kappa shape index (κ2) is 7.71. The fraction of sp³-hybridized carbons (Fsp3) is 0.182. The molecule has 0 fully saturated rings. The summed E-state index contributed by atoms with van der Waals surface area (Å²) in [5.41, 5.74) is 4.27. The molecule has 0 spiro atoms. The van der Waals surface area contributed by atoms with Crippen molar-refractivity contribution in [1.82, 2.24) is 9.78 Å². The van der Waals surface area contributed by atoms with Gasteiger partial charge in [-0.25, -0.2) is 0 Å². The summed E-state index contributed by atoms with van der Waals surface area (Å²) in [7, 11) is 1.57. The third-order valence-electron chi connectivity index (χ3n) is 5.03. The minimum absolute atomic E-state index is 0.0614. The van der Waals surface area contributed by atoms with Crippen molar-refractivity contribution < 1.29 is 14.5 Å². The van der Waals surface area contributed by atoms with Crippen molar-refractivity contribution in [3.63, 3.8) is 0 Å². The third kappa shape index (κ3) is 3.80. The van der Waals surface area contributed by atoms with Gasteiger partial charge < -0.3 is 4.74 Å². The summed E-state index contributed by atoms with van der Waals surface area (Å²) in [4.78, 5) is 23.2. The molecule has 29 heavy (non-hydrogen) atoms. The number of nitrogens with zero attached hydrogens (tertiary/aromatic N) is 3. The summed E-state index contributed by atoms with van der Waals surface area (Å²) in [6.07, 6.45) is 6.05. The average Bonchev–Trinajstić information content (AvgIpc) is 3.19. The number of ether oxygens (including phenoxy) is 1.